The van der Waals surface area contributed by atoms with E-state index in [1.807, 2.05) is 0 Å². The summed E-state index contributed by atoms with van der Waals surface area (Å²) in [6, 6.07) is 2.00. The molecule has 0 amide bonds. The van der Waals surface area contributed by atoms with Crippen LogP contribution in [0.3, 0.4) is 0 Å². The number of carboxylic acid groups (broad SMARTS) is 1. The van der Waals surface area contributed by atoms with Crippen molar-refractivity contribution in [2.24, 2.45) is 0 Å². The van der Waals surface area contributed by atoms with Crippen molar-refractivity contribution in [1.82, 2.24) is 0 Å². The minimum absolute atomic E-state index is 0.152. The quantitative estimate of drug-likeness (QED) is 0.795. The van der Waals surface area contributed by atoms with Gasteiger partial charge < -0.3 is 9.52 Å². The summed E-state index contributed by atoms with van der Waals surface area (Å²) in [5, 5.41) is 8.04. The van der Waals surface area contributed by atoms with E-state index < -0.39 is 48.0 Å². The van der Waals surface area contributed by atoms with E-state index in [-0.39, 0.29) is 5.75 Å². The zero-order valence-corrected chi connectivity index (χ0v) is 11.1. The maximum atomic E-state index is 11.7. The third kappa shape index (κ3) is 3.57. The van der Waals surface area contributed by atoms with Crippen molar-refractivity contribution in [2.45, 2.75) is 12.0 Å². The molecule has 0 fully saturated rings. The van der Waals surface area contributed by atoms with E-state index in [1.165, 1.54) is 6.92 Å². The van der Waals surface area contributed by atoms with Crippen molar-refractivity contribution in [3.8, 4) is 0 Å². The Morgan fingerprint density at radius 3 is 2.28 bits per heavy atom. The van der Waals surface area contributed by atoms with E-state index in [2.05, 4.69) is 4.42 Å². The van der Waals surface area contributed by atoms with E-state index in [9.17, 15) is 21.6 Å². The molecule has 9 heteroatoms. The summed E-state index contributed by atoms with van der Waals surface area (Å²) >= 11 is 0. The zero-order chi connectivity index (χ0) is 14.0. The predicted octanol–water partition coefficient (Wildman–Crippen LogP) is 0.186. The van der Waals surface area contributed by atoms with Gasteiger partial charge >= 0.3 is 5.97 Å². The fourth-order valence-electron chi connectivity index (χ4n) is 1.08. The number of hydrogen-bond donors (Lipinski definition) is 1. The Kier molecular flexibility index (Phi) is 4.17. The molecule has 1 rings (SSSR count). The summed E-state index contributed by atoms with van der Waals surface area (Å²) in [5.74, 6) is -3.20. The molecule has 1 heterocycles. The zero-order valence-electron chi connectivity index (χ0n) is 9.49. The van der Waals surface area contributed by atoms with Crippen LogP contribution in [0.15, 0.2) is 21.6 Å². The Balaban J connectivity index is 2.90. The average Bonchev–Trinajstić information content (AvgIpc) is 2.77. The van der Waals surface area contributed by atoms with Crippen LogP contribution in [0.4, 0.5) is 0 Å². The number of aromatic carboxylic acids is 1. The molecule has 0 aliphatic heterocycles. The molecule has 0 spiro atoms. The monoisotopic (exact) mass is 296 g/mol. The maximum absolute atomic E-state index is 11.7. The molecule has 0 aliphatic rings. The Morgan fingerprint density at radius 1 is 1.22 bits per heavy atom. The molecule has 1 N–H and O–H groups in total. The summed E-state index contributed by atoms with van der Waals surface area (Å²) in [7, 11) is -7.33. The van der Waals surface area contributed by atoms with Gasteiger partial charge in [0.2, 0.25) is 20.7 Å². The molecule has 1 aromatic heterocycles. The van der Waals surface area contributed by atoms with Gasteiger partial charge in [0.15, 0.2) is 9.84 Å². The van der Waals surface area contributed by atoms with Gasteiger partial charge in [-0.15, -0.1) is 0 Å². The van der Waals surface area contributed by atoms with Crippen LogP contribution >= 0.6 is 0 Å². The van der Waals surface area contributed by atoms with Crippen LogP contribution in [0, 0.1) is 0 Å². The third-order valence-electron chi connectivity index (χ3n) is 2.20. The van der Waals surface area contributed by atoms with Gasteiger partial charge in [0.05, 0.1) is 11.5 Å². The van der Waals surface area contributed by atoms with Gasteiger partial charge in [0.1, 0.15) is 0 Å². The highest BCUT2D eigenvalue weighted by molar-refractivity contribution is 7.95. The second-order valence-electron chi connectivity index (χ2n) is 3.48. The van der Waals surface area contributed by atoms with Crippen LogP contribution in [0.2, 0.25) is 0 Å². The van der Waals surface area contributed by atoms with Crippen LogP contribution in [0.1, 0.15) is 17.5 Å². The lowest BCUT2D eigenvalue weighted by Crippen LogP contribution is -2.18. The van der Waals surface area contributed by atoms with E-state index >= 15 is 0 Å². The summed E-state index contributed by atoms with van der Waals surface area (Å²) in [6.45, 7) is 1.41. The fourth-order valence-corrected chi connectivity index (χ4v) is 3.96. The normalized spacial score (nSPS) is 12.5. The first-order chi connectivity index (χ1) is 8.18. The molecule has 1 aromatic rings. The van der Waals surface area contributed by atoms with E-state index in [4.69, 9.17) is 5.11 Å². The summed E-state index contributed by atoms with van der Waals surface area (Å²) in [6.07, 6.45) is 0. The molecule has 0 atom stereocenters. The highest BCUT2D eigenvalue weighted by atomic mass is 32.2. The van der Waals surface area contributed by atoms with Gasteiger partial charge in [-0.1, -0.05) is 6.92 Å². The highest BCUT2D eigenvalue weighted by Crippen LogP contribution is 2.16. The minimum Gasteiger partial charge on any atom is -0.475 e. The van der Waals surface area contributed by atoms with Crippen LogP contribution in [-0.2, 0) is 19.7 Å². The molecule has 18 heavy (non-hydrogen) atoms. The lowest BCUT2D eigenvalue weighted by Gasteiger charge is -2.01. The van der Waals surface area contributed by atoms with Crippen molar-refractivity contribution >= 4 is 25.6 Å². The summed E-state index contributed by atoms with van der Waals surface area (Å²) in [5.41, 5.74) is 0. The summed E-state index contributed by atoms with van der Waals surface area (Å²) < 4.78 is 50.4. The van der Waals surface area contributed by atoms with Crippen LogP contribution in [-0.4, -0.2) is 45.2 Å². The molecule has 102 valence electrons. The van der Waals surface area contributed by atoms with E-state index in [0.717, 1.165) is 12.1 Å². The van der Waals surface area contributed by atoms with Gasteiger partial charge in [0.25, 0.3) is 0 Å². The smallest absolute Gasteiger partial charge is 0.371 e. The van der Waals surface area contributed by atoms with Crippen LogP contribution < -0.4 is 0 Å². The Morgan fingerprint density at radius 2 is 1.83 bits per heavy atom. The molecule has 7 nitrogen and oxygen atoms in total. The standard InChI is InChI=1S/C9H12O7S2/c1-2-17(12,13)5-6-18(14,15)8-4-3-7(16-8)9(10)11/h3-4H,2,5-6H2,1H3,(H,10,11). The average molecular weight is 296 g/mol. The van der Waals surface area contributed by atoms with Crippen LogP contribution in [0.5, 0.6) is 0 Å². The van der Waals surface area contributed by atoms with Crippen molar-refractivity contribution in [3.05, 3.63) is 17.9 Å². The number of rotatable bonds is 6. The predicted molar refractivity (Wildman–Crippen MR) is 62.0 cm³/mol. The first-order valence-electron chi connectivity index (χ1n) is 4.94. The highest BCUT2D eigenvalue weighted by Gasteiger charge is 2.23. The molecule has 0 saturated heterocycles. The molecular formula is C9H12O7S2. The molecule has 0 saturated carbocycles. The number of sulfone groups is 2. The first kappa shape index (κ1) is 14.7. The van der Waals surface area contributed by atoms with Gasteiger partial charge in [-0.25, -0.2) is 21.6 Å². The summed E-state index contributed by atoms with van der Waals surface area (Å²) in [4.78, 5) is 10.5. The van der Waals surface area contributed by atoms with Crippen molar-refractivity contribution in [1.29, 1.82) is 0 Å². The Hall–Kier alpha value is -1.35. The fraction of sp³-hybridized carbons (Fsp3) is 0.444. The molecule has 0 aliphatic carbocycles. The van der Waals surface area contributed by atoms with Crippen molar-refractivity contribution < 1.29 is 31.2 Å². The van der Waals surface area contributed by atoms with Crippen molar-refractivity contribution in [3.63, 3.8) is 0 Å². The van der Waals surface area contributed by atoms with Gasteiger partial charge in [-0.3, -0.25) is 0 Å². The third-order valence-corrected chi connectivity index (χ3v) is 5.74. The SMILES string of the molecule is CCS(=O)(=O)CCS(=O)(=O)c1ccc(C(=O)O)o1. The number of carboxylic acids is 1. The second-order valence-corrected chi connectivity index (χ2v) is 7.99. The molecule has 0 bridgehead atoms. The molecule has 0 aromatic carbocycles. The van der Waals surface area contributed by atoms with Gasteiger partial charge in [0, 0.05) is 5.75 Å². The molecule has 0 unspecified atom stereocenters. The largest absolute Gasteiger partial charge is 0.475 e. The topological polar surface area (TPSA) is 119 Å². The van der Waals surface area contributed by atoms with E-state index in [1.54, 1.807) is 0 Å². The molecular weight excluding hydrogens is 284 g/mol. The number of furan rings is 1. The van der Waals surface area contributed by atoms with Gasteiger partial charge in [-0.05, 0) is 12.1 Å². The minimum atomic E-state index is -3.93. The molecule has 0 radical (unpaired) electrons. The van der Waals surface area contributed by atoms with Gasteiger partial charge in [-0.2, -0.15) is 0 Å². The van der Waals surface area contributed by atoms with Crippen molar-refractivity contribution in [2.75, 3.05) is 17.3 Å². The second kappa shape index (κ2) is 5.11. The lowest BCUT2D eigenvalue weighted by molar-refractivity contribution is 0.0656. The Labute approximate surface area is 104 Å². The first-order valence-corrected chi connectivity index (χ1v) is 8.41. The lowest BCUT2D eigenvalue weighted by atomic mass is 10.5. The maximum Gasteiger partial charge on any atom is 0.371 e. The van der Waals surface area contributed by atoms with Crippen LogP contribution in [0.25, 0.3) is 0 Å². The Bertz CT molecular complexity index is 636. The number of carbonyl (C=O) groups is 1. The number of hydrogen-bond acceptors (Lipinski definition) is 6. The van der Waals surface area contributed by atoms with E-state index in [0.29, 0.717) is 0 Å².